The molecule has 0 unspecified atom stereocenters. The molecule has 3 heterocycles. The lowest BCUT2D eigenvalue weighted by Gasteiger charge is -2.29. The lowest BCUT2D eigenvalue weighted by molar-refractivity contribution is 0.577. The number of anilines is 1. The van der Waals surface area contributed by atoms with Gasteiger partial charge in [-0.2, -0.15) is 0 Å². The van der Waals surface area contributed by atoms with Crippen molar-refractivity contribution in [3.05, 3.63) is 58.1 Å². The van der Waals surface area contributed by atoms with E-state index in [1.807, 2.05) is 25.3 Å². The van der Waals surface area contributed by atoms with Crippen LogP contribution in [0.2, 0.25) is 0 Å². The number of aromatic nitrogens is 2. The molecule has 1 saturated heterocycles. The summed E-state index contributed by atoms with van der Waals surface area (Å²) >= 11 is 0. The fourth-order valence-electron chi connectivity index (χ4n) is 3.99. The lowest BCUT2D eigenvalue weighted by atomic mass is 9.84. The van der Waals surface area contributed by atoms with E-state index in [1.54, 1.807) is 0 Å². The Morgan fingerprint density at radius 1 is 1.00 bits per heavy atom. The van der Waals surface area contributed by atoms with Crippen LogP contribution in [0.1, 0.15) is 51.3 Å². The molecule has 0 bridgehead atoms. The highest BCUT2D eigenvalue weighted by Gasteiger charge is 2.20. The number of benzene rings is 1. The molecule has 0 atom stereocenters. The summed E-state index contributed by atoms with van der Waals surface area (Å²) in [6.07, 6.45) is 5.76. The van der Waals surface area contributed by atoms with E-state index in [-0.39, 0.29) is 11.0 Å². The third kappa shape index (κ3) is 3.56. The molecule has 1 aliphatic heterocycles. The Morgan fingerprint density at radius 3 is 2.43 bits per heavy atom. The van der Waals surface area contributed by atoms with Gasteiger partial charge in [-0.05, 0) is 67.5 Å². The number of H-pyrrole nitrogens is 1. The minimum atomic E-state index is -0.0609. The van der Waals surface area contributed by atoms with E-state index in [1.165, 1.54) is 30.5 Å². The van der Waals surface area contributed by atoms with Crippen molar-refractivity contribution in [3.8, 4) is 11.1 Å². The van der Waals surface area contributed by atoms with Crippen LogP contribution in [0, 0.1) is 6.92 Å². The number of aromatic amines is 1. The van der Waals surface area contributed by atoms with Gasteiger partial charge in [0.15, 0.2) is 0 Å². The van der Waals surface area contributed by atoms with Gasteiger partial charge < -0.3 is 9.88 Å². The van der Waals surface area contributed by atoms with Crippen LogP contribution in [0.4, 0.5) is 5.69 Å². The Balaban J connectivity index is 1.93. The number of rotatable bonds is 2. The first-order valence-electron chi connectivity index (χ1n) is 10.2. The van der Waals surface area contributed by atoms with E-state index in [0.717, 1.165) is 35.2 Å². The Hall–Kier alpha value is -2.62. The second-order valence-electron chi connectivity index (χ2n) is 8.97. The Morgan fingerprint density at radius 2 is 1.75 bits per heavy atom. The fraction of sp³-hybridized carbons (Fsp3) is 0.417. The molecule has 4 heteroatoms. The quantitative estimate of drug-likeness (QED) is 0.671. The molecular formula is C24H29N3O. The van der Waals surface area contributed by atoms with Crippen LogP contribution in [0.25, 0.3) is 22.0 Å². The molecule has 0 spiro atoms. The molecule has 4 rings (SSSR count). The lowest BCUT2D eigenvalue weighted by Crippen LogP contribution is -2.29. The van der Waals surface area contributed by atoms with Crippen molar-refractivity contribution in [2.45, 2.75) is 52.4 Å². The van der Waals surface area contributed by atoms with E-state index in [4.69, 9.17) is 4.98 Å². The van der Waals surface area contributed by atoms with Crippen molar-refractivity contribution < 1.29 is 0 Å². The first-order chi connectivity index (χ1) is 13.3. The summed E-state index contributed by atoms with van der Waals surface area (Å²) in [6, 6.07) is 10.5. The van der Waals surface area contributed by atoms with Gasteiger partial charge in [0.05, 0.1) is 17.4 Å². The highest BCUT2D eigenvalue weighted by atomic mass is 16.1. The van der Waals surface area contributed by atoms with Gasteiger partial charge in [0.25, 0.3) is 5.56 Å². The van der Waals surface area contributed by atoms with E-state index in [2.05, 4.69) is 48.9 Å². The van der Waals surface area contributed by atoms with Crippen molar-refractivity contribution in [3.63, 3.8) is 0 Å². The van der Waals surface area contributed by atoms with Crippen LogP contribution in [0.15, 0.2) is 41.3 Å². The summed E-state index contributed by atoms with van der Waals surface area (Å²) in [7, 11) is 0. The highest BCUT2D eigenvalue weighted by molar-refractivity contribution is 5.95. The molecule has 2 aromatic heterocycles. The monoisotopic (exact) mass is 375 g/mol. The average Bonchev–Trinajstić information content (AvgIpc) is 2.67. The minimum absolute atomic E-state index is 0.0124. The number of hydrogen-bond donors (Lipinski definition) is 1. The van der Waals surface area contributed by atoms with Crippen molar-refractivity contribution >= 4 is 16.6 Å². The predicted molar refractivity (Wildman–Crippen MR) is 117 cm³/mol. The molecule has 0 aliphatic carbocycles. The summed E-state index contributed by atoms with van der Waals surface area (Å²) in [6.45, 7) is 10.7. The van der Waals surface area contributed by atoms with Crippen molar-refractivity contribution in [1.82, 2.24) is 9.97 Å². The standard InChI is InChI=1S/C24H29N3O/c1-16-8-9-20(23(28)26-16)21-14-18(24(2,3)4)12-17-13-19(15-25-22(17)21)27-10-6-5-7-11-27/h8-9,12-15H,5-7,10-11H2,1-4H3,(H,26,28). The zero-order valence-electron chi connectivity index (χ0n) is 17.3. The van der Waals surface area contributed by atoms with Gasteiger partial charge in [0.2, 0.25) is 0 Å². The maximum Gasteiger partial charge on any atom is 0.256 e. The molecule has 0 radical (unpaired) electrons. The van der Waals surface area contributed by atoms with Crippen LogP contribution < -0.4 is 10.5 Å². The third-order valence-corrected chi connectivity index (χ3v) is 5.70. The first kappa shape index (κ1) is 18.7. The van der Waals surface area contributed by atoms with Gasteiger partial charge in [-0.3, -0.25) is 9.78 Å². The smallest absolute Gasteiger partial charge is 0.256 e. The number of hydrogen-bond acceptors (Lipinski definition) is 3. The second-order valence-corrected chi connectivity index (χ2v) is 8.97. The zero-order valence-corrected chi connectivity index (χ0v) is 17.3. The van der Waals surface area contributed by atoms with Gasteiger partial charge in [-0.1, -0.05) is 20.8 Å². The molecule has 3 aromatic rings. The molecule has 1 N–H and O–H groups in total. The van der Waals surface area contributed by atoms with Gasteiger partial charge in [0.1, 0.15) is 0 Å². The molecule has 146 valence electrons. The predicted octanol–water partition coefficient (Wildman–Crippen LogP) is 5.19. The SMILES string of the molecule is Cc1ccc(-c2cc(C(C)(C)C)cc3cc(N4CCCCC4)cnc23)c(=O)[nH]1. The van der Waals surface area contributed by atoms with Crippen LogP contribution in [0.5, 0.6) is 0 Å². The van der Waals surface area contributed by atoms with Crippen LogP contribution >= 0.6 is 0 Å². The van der Waals surface area contributed by atoms with E-state index in [0.29, 0.717) is 5.56 Å². The minimum Gasteiger partial charge on any atom is -0.370 e. The fourth-order valence-corrected chi connectivity index (χ4v) is 3.99. The molecule has 0 amide bonds. The number of nitrogens with zero attached hydrogens (tertiary/aromatic N) is 2. The first-order valence-corrected chi connectivity index (χ1v) is 10.2. The van der Waals surface area contributed by atoms with Crippen LogP contribution in [-0.2, 0) is 5.41 Å². The van der Waals surface area contributed by atoms with E-state index >= 15 is 0 Å². The molecule has 4 nitrogen and oxygen atoms in total. The Kier molecular flexibility index (Phi) is 4.74. The van der Waals surface area contributed by atoms with Gasteiger partial charge >= 0.3 is 0 Å². The van der Waals surface area contributed by atoms with Crippen molar-refractivity contribution in [1.29, 1.82) is 0 Å². The summed E-state index contributed by atoms with van der Waals surface area (Å²) in [4.78, 5) is 22.9. The van der Waals surface area contributed by atoms with E-state index < -0.39 is 0 Å². The molecule has 1 aromatic carbocycles. The van der Waals surface area contributed by atoms with Gasteiger partial charge in [0, 0.05) is 35.3 Å². The van der Waals surface area contributed by atoms with Crippen LogP contribution in [-0.4, -0.2) is 23.1 Å². The summed E-state index contributed by atoms with van der Waals surface area (Å²) < 4.78 is 0. The molecular weight excluding hydrogens is 346 g/mol. The molecule has 1 aliphatic rings. The Bertz CT molecular complexity index is 1070. The Labute approximate surface area is 166 Å². The highest BCUT2D eigenvalue weighted by Crippen LogP contribution is 2.34. The normalized spacial score (nSPS) is 15.2. The van der Waals surface area contributed by atoms with Crippen molar-refractivity contribution in [2.75, 3.05) is 18.0 Å². The summed E-state index contributed by atoms with van der Waals surface area (Å²) in [5.74, 6) is 0. The number of piperidine rings is 1. The van der Waals surface area contributed by atoms with E-state index in [9.17, 15) is 4.79 Å². The second kappa shape index (κ2) is 7.08. The maximum absolute atomic E-state index is 12.7. The summed E-state index contributed by atoms with van der Waals surface area (Å²) in [5.41, 5.74) is 5.67. The molecule has 1 fully saturated rings. The van der Waals surface area contributed by atoms with Gasteiger partial charge in [-0.15, -0.1) is 0 Å². The zero-order chi connectivity index (χ0) is 19.9. The van der Waals surface area contributed by atoms with Crippen LogP contribution in [0.3, 0.4) is 0 Å². The maximum atomic E-state index is 12.7. The molecule has 0 saturated carbocycles. The number of pyridine rings is 2. The molecule has 28 heavy (non-hydrogen) atoms. The topological polar surface area (TPSA) is 49.0 Å². The average molecular weight is 376 g/mol. The third-order valence-electron chi connectivity index (χ3n) is 5.70. The number of fused-ring (bicyclic) bond motifs is 1. The number of nitrogens with one attached hydrogen (secondary N) is 1. The van der Waals surface area contributed by atoms with Gasteiger partial charge in [-0.25, -0.2) is 0 Å². The summed E-state index contributed by atoms with van der Waals surface area (Å²) in [5, 5.41) is 1.10. The number of aryl methyl sites for hydroxylation is 1. The largest absolute Gasteiger partial charge is 0.370 e. The van der Waals surface area contributed by atoms with Crippen molar-refractivity contribution in [2.24, 2.45) is 0 Å².